The molecule has 2 rings (SSSR count). The Balaban J connectivity index is 1.65. The molecule has 6 heteroatoms. The molecule has 0 unspecified atom stereocenters. The van der Waals surface area contributed by atoms with Gasteiger partial charge in [-0.05, 0) is 18.6 Å². The molecule has 5 nitrogen and oxygen atoms in total. The molecule has 1 fully saturated rings. The Hall–Kier alpha value is -0.950. The summed E-state index contributed by atoms with van der Waals surface area (Å²) in [4.78, 5) is 18.9. The van der Waals surface area contributed by atoms with E-state index < -0.39 is 0 Å². The molecule has 0 spiro atoms. The van der Waals surface area contributed by atoms with Crippen LogP contribution in [0.2, 0.25) is 0 Å². The number of β-amino-alcohol motifs (C(OH)–C–C–N with tert-alkyl or cyclic N) is 1. The smallest absolute Gasteiger partial charge is 0.234 e. The highest BCUT2D eigenvalue weighted by molar-refractivity contribution is 7.11. The van der Waals surface area contributed by atoms with E-state index >= 15 is 0 Å². The molecule has 0 radical (unpaired) electrons. The van der Waals surface area contributed by atoms with E-state index in [9.17, 15) is 4.79 Å². The molecule has 0 bridgehead atoms. The third-order valence-corrected chi connectivity index (χ3v) is 5.00. The van der Waals surface area contributed by atoms with Crippen molar-refractivity contribution in [1.82, 2.24) is 15.1 Å². The van der Waals surface area contributed by atoms with Crippen LogP contribution >= 0.6 is 11.3 Å². The van der Waals surface area contributed by atoms with Crippen molar-refractivity contribution in [2.45, 2.75) is 19.9 Å². The van der Waals surface area contributed by atoms with E-state index in [-0.39, 0.29) is 12.5 Å². The van der Waals surface area contributed by atoms with Gasteiger partial charge in [0.05, 0.1) is 19.7 Å². The Morgan fingerprint density at radius 3 is 2.52 bits per heavy atom. The van der Waals surface area contributed by atoms with Gasteiger partial charge in [0.2, 0.25) is 5.91 Å². The van der Waals surface area contributed by atoms with Crippen LogP contribution in [0.5, 0.6) is 0 Å². The van der Waals surface area contributed by atoms with Crippen LogP contribution in [0, 0.1) is 0 Å². The van der Waals surface area contributed by atoms with Crippen molar-refractivity contribution in [3.8, 4) is 0 Å². The molecular weight excluding hydrogens is 286 g/mol. The van der Waals surface area contributed by atoms with Crippen LogP contribution in [-0.2, 0) is 17.8 Å². The van der Waals surface area contributed by atoms with Gasteiger partial charge in [0.1, 0.15) is 0 Å². The summed E-state index contributed by atoms with van der Waals surface area (Å²) in [7, 11) is 0. The number of rotatable bonds is 7. The van der Waals surface area contributed by atoms with Gasteiger partial charge in [-0.25, -0.2) is 0 Å². The molecule has 1 aromatic rings. The maximum atomic E-state index is 12.0. The molecule has 0 atom stereocenters. The Labute approximate surface area is 130 Å². The Kier molecular flexibility index (Phi) is 6.63. The van der Waals surface area contributed by atoms with Gasteiger partial charge in [0.25, 0.3) is 0 Å². The summed E-state index contributed by atoms with van der Waals surface area (Å²) in [5.41, 5.74) is 0. The average Bonchev–Trinajstić information content (AvgIpc) is 2.96. The first kappa shape index (κ1) is 16.4. The first-order valence-corrected chi connectivity index (χ1v) is 8.42. The minimum absolute atomic E-state index is 0.0945. The van der Waals surface area contributed by atoms with Gasteiger partial charge in [0.15, 0.2) is 0 Å². The zero-order chi connectivity index (χ0) is 15.1. The van der Waals surface area contributed by atoms with Crippen LogP contribution in [0.4, 0.5) is 0 Å². The van der Waals surface area contributed by atoms with Gasteiger partial charge in [-0.15, -0.1) is 11.3 Å². The molecule has 1 aromatic heterocycles. The van der Waals surface area contributed by atoms with E-state index in [1.807, 2.05) is 0 Å². The summed E-state index contributed by atoms with van der Waals surface area (Å²) < 4.78 is 0. The van der Waals surface area contributed by atoms with E-state index in [0.29, 0.717) is 13.1 Å². The van der Waals surface area contributed by atoms with Crippen LogP contribution in [-0.4, -0.2) is 66.7 Å². The second kappa shape index (κ2) is 8.48. The molecule has 2 heterocycles. The second-order valence-electron chi connectivity index (χ2n) is 5.34. The number of hydrogen-bond donors (Lipinski definition) is 2. The summed E-state index contributed by atoms with van der Waals surface area (Å²) >= 11 is 1.77. The molecule has 21 heavy (non-hydrogen) atoms. The van der Waals surface area contributed by atoms with Crippen molar-refractivity contribution in [3.63, 3.8) is 0 Å². The SMILES string of the molecule is CCc1ccc(CNC(=O)CN2CCN(CCO)CC2)s1. The molecular formula is C15H25N3O2S. The number of carbonyl (C=O) groups excluding carboxylic acids is 1. The predicted molar refractivity (Wildman–Crippen MR) is 85.5 cm³/mol. The number of thiophene rings is 1. The first-order chi connectivity index (χ1) is 10.2. The highest BCUT2D eigenvalue weighted by Crippen LogP contribution is 2.16. The van der Waals surface area contributed by atoms with Gasteiger partial charge in [-0.1, -0.05) is 6.92 Å². The van der Waals surface area contributed by atoms with Gasteiger partial charge in [-0.3, -0.25) is 14.6 Å². The highest BCUT2D eigenvalue weighted by atomic mass is 32.1. The fraction of sp³-hybridized carbons (Fsp3) is 0.667. The molecule has 1 amide bonds. The summed E-state index contributed by atoms with van der Waals surface area (Å²) in [5, 5.41) is 11.9. The monoisotopic (exact) mass is 311 g/mol. The zero-order valence-corrected chi connectivity index (χ0v) is 13.5. The third-order valence-electron chi connectivity index (χ3n) is 3.77. The fourth-order valence-corrected chi connectivity index (χ4v) is 3.36. The number of aliphatic hydroxyl groups is 1. The van der Waals surface area contributed by atoms with Crippen molar-refractivity contribution in [1.29, 1.82) is 0 Å². The fourth-order valence-electron chi connectivity index (χ4n) is 2.46. The lowest BCUT2D eigenvalue weighted by Crippen LogP contribution is -2.49. The summed E-state index contributed by atoms with van der Waals surface area (Å²) in [6.07, 6.45) is 1.05. The lowest BCUT2D eigenvalue weighted by atomic mass is 10.3. The topological polar surface area (TPSA) is 55.8 Å². The van der Waals surface area contributed by atoms with Crippen LogP contribution in [0.15, 0.2) is 12.1 Å². The number of nitrogens with one attached hydrogen (secondary N) is 1. The van der Waals surface area contributed by atoms with Crippen molar-refractivity contribution in [2.75, 3.05) is 45.9 Å². The zero-order valence-electron chi connectivity index (χ0n) is 12.7. The molecule has 0 saturated carbocycles. The lowest BCUT2D eigenvalue weighted by Gasteiger charge is -2.33. The minimum Gasteiger partial charge on any atom is -0.395 e. The second-order valence-corrected chi connectivity index (χ2v) is 6.59. The molecule has 118 valence electrons. The van der Waals surface area contributed by atoms with Gasteiger partial charge >= 0.3 is 0 Å². The Morgan fingerprint density at radius 1 is 1.24 bits per heavy atom. The predicted octanol–water partition coefficient (Wildman–Crippen LogP) is 0.537. The van der Waals surface area contributed by atoms with Crippen molar-refractivity contribution < 1.29 is 9.90 Å². The van der Waals surface area contributed by atoms with Crippen LogP contribution in [0.3, 0.4) is 0 Å². The largest absolute Gasteiger partial charge is 0.395 e. The van der Waals surface area contributed by atoms with Crippen LogP contribution in [0.25, 0.3) is 0 Å². The van der Waals surface area contributed by atoms with Crippen molar-refractivity contribution in [2.24, 2.45) is 0 Å². The molecule has 1 saturated heterocycles. The molecule has 0 aromatic carbocycles. The number of aryl methyl sites for hydroxylation is 1. The maximum Gasteiger partial charge on any atom is 0.234 e. The normalized spacial score (nSPS) is 17.0. The standard InChI is InChI=1S/C15H25N3O2S/c1-2-13-3-4-14(21-13)11-16-15(20)12-18-7-5-17(6-8-18)9-10-19/h3-4,19H,2,5-12H2,1H3,(H,16,20). The van der Waals surface area contributed by atoms with Crippen LogP contribution in [0.1, 0.15) is 16.7 Å². The minimum atomic E-state index is 0.0945. The van der Waals surface area contributed by atoms with Crippen molar-refractivity contribution >= 4 is 17.2 Å². The van der Waals surface area contributed by atoms with Crippen molar-refractivity contribution in [3.05, 3.63) is 21.9 Å². The first-order valence-electron chi connectivity index (χ1n) is 7.61. The third kappa shape index (κ3) is 5.39. The Morgan fingerprint density at radius 2 is 1.90 bits per heavy atom. The molecule has 1 aliphatic heterocycles. The molecule has 1 aliphatic rings. The number of piperazine rings is 1. The van der Waals surface area contributed by atoms with E-state index in [4.69, 9.17) is 5.11 Å². The average molecular weight is 311 g/mol. The van der Waals surface area contributed by atoms with Gasteiger partial charge < -0.3 is 10.4 Å². The molecule has 2 N–H and O–H groups in total. The highest BCUT2D eigenvalue weighted by Gasteiger charge is 2.18. The quantitative estimate of drug-likeness (QED) is 0.772. The van der Waals surface area contributed by atoms with E-state index in [2.05, 4.69) is 34.2 Å². The molecule has 0 aliphatic carbocycles. The maximum absolute atomic E-state index is 12.0. The number of amides is 1. The van der Waals surface area contributed by atoms with Crippen LogP contribution < -0.4 is 5.32 Å². The summed E-state index contributed by atoms with van der Waals surface area (Å²) in [6.45, 7) is 7.84. The van der Waals surface area contributed by atoms with Gasteiger partial charge in [0, 0.05) is 42.5 Å². The summed E-state index contributed by atoms with van der Waals surface area (Å²) in [6, 6.07) is 4.23. The Bertz CT molecular complexity index is 442. The van der Waals surface area contributed by atoms with E-state index in [1.165, 1.54) is 9.75 Å². The van der Waals surface area contributed by atoms with E-state index in [0.717, 1.165) is 39.1 Å². The lowest BCUT2D eigenvalue weighted by molar-refractivity contribution is -0.122. The van der Waals surface area contributed by atoms with E-state index in [1.54, 1.807) is 11.3 Å². The van der Waals surface area contributed by atoms with Gasteiger partial charge in [-0.2, -0.15) is 0 Å². The number of hydrogen-bond acceptors (Lipinski definition) is 5. The number of nitrogens with zero attached hydrogens (tertiary/aromatic N) is 2. The summed E-state index contributed by atoms with van der Waals surface area (Å²) in [5.74, 6) is 0.0945. The number of aliphatic hydroxyl groups excluding tert-OH is 1. The number of carbonyl (C=O) groups is 1.